The van der Waals surface area contributed by atoms with E-state index >= 15 is 0 Å². The zero-order valence-corrected chi connectivity index (χ0v) is 9.92. The van der Waals surface area contributed by atoms with Crippen molar-refractivity contribution in [3.63, 3.8) is 0 Å². The first-order valence-corrected chi connectivity index (χ1v) is 4.97. The van der Waals surface area contributed by atoms with E-state index in [1.54, 1.807) is 0 Å². The first-order chi connectivity index (χ1) is 6.80. The molecule has 4 nitrogen and oxygen atoms in total. The van der Waals surface area contributed by atoms with Gasteiger partial charge in [-0.2, -0.15) is 0 Å². The van der Waals surface area contributed by atoms with E-state index in [0.29, 0.717) is 6.42 Å². The summed E-state index contributed by atoms with van der Waals surface area (Å²) in [5.74, 6) is -0.951. The average molecular weight is 214 g/mol. The summed E-state index contributed by atoms with van der Waals surface area (Å²) in [6.45, 7) is 6.02. The largest absolute Gasteiger partial charge is 0.468 e. The van der Waals surface area contributed by atoms with Crippen LogP contribution in [0.25, 0.3) is 0 Å². The van der Waals surface area contributed by atoms with Crippen LogP contribution in [0.2, 0.25) is 0 Å². The highest BCUT2D eigenvalue weighted by atomic mass is 16.5. The molecular weight excluding hydrogens is 196 g/mol. The number of hydrogen-bond donors (Lipinski definition) is 0. The predicted octanol–water partition coefficient (Wildman–Crippen LogP) is 1.38. The van der Waals surface area contributed by atoms with Crippen LogP contribution in [0.3, 0.4) is 0 Å². The van der Waals surface area contributed by atoms with Gasteiger partial charge in [0.1, 0.15) is 0 Å². The fourth-order valence-electron chi connectivity index (χ4n) is 2.21. The van der Waals surface area contributed by atoms with Crippen LogP contribution in [0.4, 0.5) is 0 Å². The zero-order valence-electron chi connectivity index (χ0n) is 9.92. The molecule has 0 saturated heterocycles. The van der Waals surface area contributed by atoms with Gasteiger partial charge in [0.25, 0.3) is 0 Å². The minimum Gasteiger partial charge on any atom is -0.468 e. The maximum atomic E-state index is 11.6. The van der Waals surface area contributed by atoms with Gasteiger partial charge in [-0.15, -0.1) is 0 Å². The maximum Gasteiger partial charge on any atom is 0.323 e. The van der Waals surface area contributed by atoms with Crippen molar-refractivity contribution in [2.24, 2.45) is 16.7 Å². The Balaban J connectivity index is 2.95. The molecule has 1 rings (SSSR count). The highest BCUT2D eigenvalue weighted by Gasteiger charge is 2.70. The number of hydrogen-bond acceptors (Lipinski definition) is 4. The van der Waals surface area contributed by atoms with E-state index in [0.717, 1.165) is 0 Å². The Bertz CT molecular complexity index is 271. The molecule has 4 heteroatoms. The Morgan fingerprint density at radius 3 is 1.73 bits per heavy atom. The van der Waals surface area contributed by atoms with E-state index in [-0.39, 0.29) is 11.3 Å². The summed E-state index contributed by atoms with van der Waals surface area (Å²) >= 11 is 0. The highest BCUT2D eigenvalue weighted by Crippen LogP contribution is 2.62. The third kappa shape index (κ3) is 1.73. The molecule has 1 fully saturated rings. The van der Waals surface area contributed by atoms with Gasteiger partial charge in [0, 0.05) is 0 Å². The van der Waals surface area contributed by atoms with Crippen molar-refractivity contribution in [1.29, 1.82) is 0 Å². The Morgan fingerprint density at radius 2 is 1.53 bits per heavy atom. The second-order valence-corrected chi connectivity index (χ2v) is 5.08. The van der Waals surface area contributed by atoms with Crippen LogP contribution in [0.5, 0.6) is 0 Å². The van der Waals surface area contributed by atoms with Gasteiger partial charge in [-0.1, -0.05) is 20.8 Å². The quantitative estimate of drug-likeness (QED) is 0.515. The van der Waals surface area contributed by atoms with E-state index in [1.165, 1.54) is 14.2 Å². The van der Waals surface area contributed by atoms with Crippen LogP contribution in [0.1, 0.15) is 27.2 Å². The van der Waals surface area contributed by atoms with Crippen molar-refractivity contribution in [3.8, 4) is 0 Å². The van der Waals surface area contributed by atoms with E-state index in [4.69, 9.17) is 0 Å². The van der Waals surface area contributed by atoms with E-state index < -0.39 is 17.4 Å². The van der Waals surface area contributed by atoms with Crippen molar-refractivity contribution in [1.82, 2.24) is 0 Å². The van der Waals surface area contributed by atoms with Gasteiger partial charge in [-0.25, -0.2) is 0 Å². The summed E-state index contributed by atoms with van der Waals surface area (Å²) in [5.41, 5.74) is -1.15. The fourth-order valence-corrected chi connectivity index (χ4v) is 2.21. The molecule has 0 aromatic rings. The molecule has 1 aliphatic carbocycles. The standard InChI is InChI=1S/C11H18O4/c1-10(2,3)7-6-11(7,8(12)14-4)9(13)15-5/h7H,6H2,1-5H3/t7-/m0/s1. The van der Waals surface area contributed by atoms with Crippen LogP contribution in [0, 0.1) is 16.7 Å². The Hall–Kier alpha value is -1.06. The minimum atomic E-state index is -1.05. The number of methoxy groups -OCH3 is 2. The van der Waals surface area contributed by atoms with E-state index in [1.807, 2.05) is 20.8 Å². The van der Waals surface area contributed by atoms with Crippen molar-refractivity contribution in [2.45, 2.75) is 27.2 Å². The lowest BCUT2D eigenvalue weighted by Crippen LogP contribution is -2.33. The monoisotopic (exact) mass is 214 g/mol. The molecule has 0 aromatic heterocycles. The molecule has 0 aromatic carbocycles. The van der Waals surface area contributed by atoms with Crippen LogP contribution in [-0.4, -0.2) is 26.2 Å². The lowest BCUT2D eigenvalue weighted by Gasteiger charge is -2.21. The molecule has 0 spiro atoms. The lowest BCUT2D eigenvalue weighted by atomic mass is 9.84. The molecule has 1 saturated carbocycles. The van der Waals surface area contributed by atoms with Gasteiger partial charge >= 0.3 is 11.9 Å². The van der Waals surface area contributed by atoms with Crippen LogP contribution in [-0.2, 0) is 19.1 Å². The number of rotatable bonds is 2. The normalized spacial score (nSPS) is 23.1. The van der Waals surface area contributed by atoms with Gasteiger partial charge in [-0.3, -0.25) is 9.59 Å². The van der Waals surface area contributed by atoms with Crippen molar-refractivity contribution < 1.29 is 19.1 Å². The number of ether oxygens (including phenoxy) is 2. The summed E-state index contributed by atoms with van der Waals surface area (Å²) < 4.78 is 9.37. The molecule has 1 atom stereocenters. The smallest absolute Gasteiger partial charge is 0.323 e. The van der Waals surface area contributed by atoms with E-state index in [9.17, 15) is 9.59 Å². The maximum absolute atomic E-state index is 11.6. The molecular formula is C11H18O4. The summed E-state index contributed by atoms with van der Waals surface area (Å²) in [7, 11) is 2.59. The van der Waals surface area contributed by atoms with Gasteiger partial charge in [0.05, 0.1) is 14.2 Å². The third-order valence-electron chi connectivity index (χ3n) is 3.11. The van der Waals surface area contributed by atoms with Gasteiger partial charge < -0.3 is 9.47 Å². The minimum absolute atomic E-state index is 0.00454. The predicted molar refractivity (Wildman–Crippen MR) is 54.0 cm³/mol. The molecule has 0 N–H and O–H groups in total. The molecule has 86 valence electrons. The second-order valence-electron chi connectivity index (χ2n) is 5.08. The average Bonchev–Trinajstić information content (AvgIpc) is 2.91. The molecule has 15 heavy (non-hydrogen) atoms. The first-order valence-electron chi connectivity index (χ1n) is 4.97. The molecule has 0 unspecified atom stereocenters. The zero-order chi connectivity index (χ0) is 11.9. The molecule has 0 heterocycles. The van der Waals surface area contributed by atoms with Crippen molar-refractivity contribution >= 4 is 11.9 Å². The second kappa shape index (κ2) is 3.51. The third-order valence-corrected chi connectivity index (χ3v) is 3.11. The van der Waals surface area contributed by atoms with Crippen molar-refractivity contribution in [3.05, 3.63) is 0 Å². The molecule has 0 aliphatic heterocycles. The summed E-state index contributed by atoms with van der Waals surface area (Å²) in [6.07, 6.45) is 0.524. The summed E-state index contributed by atoms with van der Waals surface area (Å²) in [5, 5.41) is 0. The summed E-state index contributed by atoms with van der Waals surface area (Å²) in [6, 6.07) is 0. The highest BCUT2D eigenvalue weighted by molar-refractivity contribution is 6.03. The number of carbonyl (C=O) groups is 2. The van der Waals surface area contributed by atoms with Gasteiger partial charge in [-0.05, 0) is 17.8 Å². The molecule has 0 bridgehead atoms. The van der Waals surface area contributed by atoms with E-state index in [2.05, 4.69) is 9.47 Å². The molecule has 0 amide bonds. The SMILES string of the molecule is COC(=O)C1(C(=O)OC)C[C@H]1C(C)(C)C. The van der Waals surface area contributed by atoms with Crippen LogP contribution in [0.15, 0.2) is 0 Å². The number of carbonyl (C=O) groups excluding carboxylic acids is 2. The molecule has 0 radical (unpaired) electrons. The lowest BCUT2D eigenvalue weighted by molar-refractivity contribution is -0.163. The molecule has 1 aliphatic rings. The van der Waals surface area contributed by atoms with Gasteiger partial charge in [0.2, 0.25) is 0 Å². The summed E-state index contributed by atoms with van der Waals surface area (Å²) in [4.78, 5) is 23.3. The fraction of sp³-hybridized carbons (Fsp3) is 0.818. The van der Waals surface area contributed by atoms with Crippen LogP contribution >= 0.6 is 0 Å². The number of esters is 2. The van der Waals surface area contributed by atoms with Crippen molar-refractivity contribution in [2.75, 3.05) is 14.2 Å². The van der Waals surface area contributed by atoms with Crippen LogP contribution < -0.4 is 0 Å². The Labute approximate surface area is 89.9 Å². The van der Waals surface area contributed by atoms with Gasteiger partial charge in [0.15, 0.2) is 5.41 Å². The Kier molecular flexibility index (Phi) is 2.81. The first kappa shape index (κ1) is 12.0. The Morgan fingerprint density at radius 1 is 1.13 bits per heavy atom. The topological polar surface area (TPSA) is 52.6 Å².